The number of rotatable bonds is 6. The highest BCUT2D eigenvalue weighted by atomic mass is 35.5. The molecule has 0 saturated heterocycles. The number of phenols is 1. The van der Waals surface area contributed by atoms with Gasteiger partial charge in [-0.25, -0.2) is 9.36 Å². The number of hydrogen-bond acceptors (Lipinski definition) is 6. The predicted octanol–water partition coefficient (Wildman–Crippen LogP) is 5.10. The number of carbonyl (C=O) groups is 1. The van der Waals surface area contributed by atoms with E-state index in [1.807, 2.05) is 18.2 Å². The monoisotopic (exact) mass is 482 g/mol. The Morgan fingerprint density at radius 2 is 1.73 bits per heavy atom. The average molecular weight is 483 g/mol. The second-order valence-corrected chi connectivity index (χ2v) is 8.60. The summed E-state index contributed by atoms with van der Waals surface area (Å²) in [6, 6.07) is 15.6. The van der Waals surface area contributed by atoms with Crippen molar-refractivity contribution >= 4 is 34.9 Å². The quantitative estimate of drug-likeness (QED) is 0.387. The first-order valence-corrected chi connectivity index (χ1v) is 10.9. The highest BCUT2D eigenvalue weighted by Crippen LogP contribution is 2.37. The molecule has 0 fully saturated rings. The van der Waals surface area contributed by atoms with Crippen LogP contribution in [0, 0.1) is 0 Å². The molecule has 0 bridgehead atoms. The molecule has 0 saturated carbocycles. The fourth-order valence-corrected chi connectivity index (χ4v) is 4.35. The SMILES string of the molecule is COc1cc(C=CC(=O)n2c(-c3ccc(Cl)s3)cn(-c3ccccc3)c2=O)cc(OC)c1O. The van der Waals surface area contributed by atoms with Gasteiger partial charge in [0.25, 0.3) is 5.91 Å². The Balaban J connectivity index is 1.79. The molecule has 2 heterocycles. The Morgan fingerprint density at radius 1 is 1.06 bits per heavy atom. The number of methoxy groups -OCH3 is 2. The molecule has 4 rings (SSSR count). The molecular weight excluding hydrogens is 464 g/mol. The number of halogens is 1. The van der Waals surface area contributed by atoms with Gasteiger partial charge in [-0.05, 0) is 48.0 Å². The molecule has 7 nitrogen and oxygen atoms in total. The Hall–Kier alpha value is -3.75. The lowest BCUT2D eigenvalue weighted by atomic mass is 10.1. The second kappa shape index (κ2) is 9.40. The third-order valence-corrected chi connectivity index (χ3v) is 6.14. The van der Waals surface area contributed by atoms with Crippen molar-refractivity contribution < 1.29 is 19.4 Å². The van der Waals surface area contributed by atoms with E-state index in [-0.39, 0.29) is 17.2 Å². The van der Waals surface area contributed by atoms with Crippen LogP contribution in [-0.4, -0.2) is 34.4 Å². The lowest BCUT2D eigenvalue weighted by Gasteiger charge is -2.09. The van der Waals surface area contributed by atoms with Gasteiger partial charge in [0.05, 0.1) is 34.8 Å². The molecule has 0 radical (unpaired) electrons. The number of ether oxygens (including phenoxy) is 2. The van der Waals surface area contributed by atoms with Gasteiger partial charge in [-0.15, -0.1) is 11.3 Å². The molecule has 2 aromatic heterocycles. The van der Waals surface area contributed by atoms with Crippen LogP contribution in [0.15, 0.2) is 71.7 Å². The fraction of sp³-hybridized carbons (Fsp3) is 0.0833. The van der Waals surface area contributed by atoms with Crippen molar-refractivity contribution in [2.24, 2.45) is 0 Å². The van der Waals surface area contributed by atoms with E-state index in [0.29, 0.717) is 26.2 Å². The predicted molar refractivity (Wildman–Crippen MR) is 129 cm³/mol. The molecule has 33 heavy (non-hydrogen) atoms. The van der Waals surface area contributed by atoms with E-state index in [9.17, 15) is 14.7 Å². The molecule has 0 atom stereocenters. The molecule has 0 unspecified atom stereocenters. The Bertz CT molecular complexity index is 1380. The van der Waals surface area contributed by atoms with Crippen molar-refractivity contribution in [3.8, 4) is 33.5 Å². The summed E-state index contributed by atoms with van der Waals surface area (Å²) in [5.74, 6) is -0.290. The smallest absolute Gasteiger partial charge is 0.340 e. The molecule has 2 aromatic carbocycles. The lowest BCUT2D eigenvalue weighted by molar-refractivity contribution is 0.0967. The number of imidazole rings is 1. The summed E-state index contributed by atoms with van der Waals surface area (Å²) in [4.78, 5) is 27.1. The molecule has 0 aliphatic rings. The van der Waals surface area contributed by atoms with Gasteiger partial charge in [-0.2, -0.15) is 0 Å². The van der Waals surface area contributed by atoms with E-state index in [4.69, 9.17) is 21.1 Å². The summed E-state index contributed by atoms with van der Waals surface area (Å²) in [6.45, 7) is 0. The zero-order chi connectivity index (χ0) is 23.5. The zero-order valence-corrected chi connectivity index (χ0v) is 19.3. The normalized spacial score (nSPS) is 11.1. The van der Waals surface area contributed by atoms with Crippen LogP contribution in [0.25, 0.3) is 22.3 Å². The minimum atomic E-state index is -0.541. The van der Waals surface area contributed by atoms with Crippen LogP contribution in [0.3, 0.4) is 0 Å². The maximum absolute atomic E-state index is 13.2. The summed E-state index contributed by atoms with van der Waals surface area (Å²) >= 11 is 7.37. The van der Waals surface area contributed by atoms with Gasteiger partial charge in [0, 0.05) is 12.3 Å². The second-order valence-electron chi connectivity index (χ2n) is 6.89. The van der Waals surface area contributed by atoms with Crippen molar-refractivity contribution in [3.05, 3.63) is 87.3 Å². The Kier molecular flexibility index (Phi) is 6.39. The van der Waals surface area contributed by atoms with Crippen LogP contribution < -0.4 is 15.2 Å². The Labute approximate surface area is 198 Å². The van der Waals surface area contributed by atoms with Gasteiger partial charge in [-0.1, -0.05) is 29.8 Å². The number of hydrogen-bond donors (Lipinski definition) is 1. The zero-order valence-electron chi connectivity index (χ0n) is 17.7. The third-order valence-electron chi connectivity index (χ3n) is 4.89. The average Bonchev–Trinajstić information content (AvgIpc) is 3.41. The molecule has 0 spiro atoms. The number of aromatic nitrogens is 2. The van der Waals surface area contributed by atoms with Crippen molar-refractivity contribution in [1.82, 2.24) is 9.13 Å². The van der Waals surface area contributed by atoms with Crippen LogP contribution in [0.1, 0.15) is 10.4 Å². The summed E-state index contributed by atoms with van der Waals surface area (Å²) in [6.07, 6.45) is 4.42. The van der Waals surface area contributed by atoms with E-state index in [0.717, 1.165) is 4.57 Å². The highest BCUT2D eigenvalue weighted by molar-refractivity contribution is 7.19. The number of aromatic hydroxyl groups is 1. The molecule has 1 N–H and O–H groups in total. The maximum atomic E-state index is 13.2. The van der Waals surface area contributed by atoms with Gasteiger partial charge in [0.2, 0.25) is 5.75 Å². The van der Waals surface area contributed by atoms with Crippen LogP contribution in [0.4, 0.5) is 0 Å². The van der Waals surface area contributed by atoms with Gasteiger partial charge in [-0.3, -0.25) is 9.36 Å². The van der Waals surface area contributed by atoms with E-state index < -0.39 is 11.6 Å². The number of nitrogens with zero attached hydrogens (tertiary/aromatic N) is 2. The lowest BCUT2D eigenvalue weighted by Crippen LogP contribution is -2.27. The van der Waals surface area contributed by atoms with Crippen molar-refractivity contribution in [2.75, 3.05) is 14.2 Å². The minimum Gasteiger partial charge on any atom is -0.502 e. The van der Waals surface area contributed by atoms with Crippen LogP contribution >= 0.6 is 22.9 Å². The highest BCUT2D eigenvalue weighted by Gasteiger charge is 2.19. The van der Waals surface area contributed by atoms with E-state index in [2.05, 4.69) is 0 Å². The van der Waals surface area contributed by atoms with Gasteiger partial charge in [0.1, 0.15) is 0 Å². The number of para-hydroxylation sites is 1. The van der Waals surface area contributed by atoms with Crippen molar-refractivity contribution in [3.63, 3.8) is 0 Å². The number of thiophene rings is 1. The number of carbonyl (C=O) groups excluding carboxylic acids is 1. The number of phenolic OH excluding ortho intramolecular Hbond substituents is 1. The van der Waals surface area contributed by atoms with Crippen LogP contribution in [0.5, 0.6) is 17.2 Å². The van der Waals surface area contributed by atoms with Gasteiger partial charge in [0.15, 0.2) is 11.5 Å². The summed E-state index contributed by atoms with van der Waals surface area (Å²) in [7, 11) is 2.83. The first kappa shape index (κ1) is 22.4. The molecule has 168 valence electrons. The van der Waals surface area contributed by atoms with Gasteiger partial charge < -0.3 is 14.6 Å². The summed E-state index contributed by atoms with van der Waals surface area (Å²) < 4.78 is 13.4. The van der Waals surface area contributed by atoms with E-state index >= 15 is 0 Å². The first-order valence-electron chi connectivity index (χ1n) is 9.76. The maximum Gasteiger partial charge on any atom is 0.340 e. The van der Waals surface area contributed by atoms with E-state index in [1.54, 1.807) is 42.6 Å². The van der Waals surface area contributed by atoms with Crippen molar-refractivity contribution in [2.45, 2.75) is 0 Å². The van der Waals surface area contributed by atoms with Gasteiger partial charge >= 0.3 is 5.69 Å². The van der Waals surface area contributed by atoms with Crippen LogP contribution in [-0.2, 0) is 0 Å². The van der Waals surface area contributed by atoms with E-state index in [1.165, 1.54) is 42.3 Å². The molecule has 0 aliphatic heterocycles. The largest absolute Gasteiger partial charge is 0.502 e. The number of benzene rings is 2. The first-order chi connectivity index (χ1) is 15.9. The standard InChI is InChI=1S/C24H19ClN2O5S/c1-31-18-12-15(13-19(32-2)23(18)29)8-11-22(28)27-17(20-9-10-21(25)33-20)14-26(24(27)30)16-6-4-3-5-7-16/h3-14,29H,1-2H3. The van der Waals surface area contributed by atoms with Crippen molar-refractivity contribution in [1.29, 1.82) is 0 Å². The molecule has 4 aromatic rings. The Morgan fingerprint density at radius 3 is 2.30 bits per heavy atom. The molecule has 9 heteroatoms. The fourth-order valence-electron chi connectivity index (χ4n) is 3.31. The van der Waals surface area contributed by atoms with Crippen LogP contribution in [0.2, 0.25) is 4.34 Å². The topological polar surface area (TPSA) is 82.7 Å². The molecule has 0 aliphatic carbocycles. The molecule has 0 amide bonds. The number of allylic oxidation sites excluding steroid dienone is 1. The minimum absolute atomic E-state index is 0.142. The summed E-state index contributed by atoms with van der Waals surface area (Å²) in [5.41, 5.74) is 1.11. The summed E-state index contributed by atoms with van der Waals surface area (Å²) in [5, 5.41) is 10.1. The molecular formula is C24H19ClN2O5S. The third kappa shape index (κ3) is 4.44.